The lowest BCUT2D eigenvalue weighted by Crippen LogP contribution is -2.59. The molecule has 14 heavy (non-hydrogen) atoms. The highest BCUT2D eigenvalue weighted by Gasteiger charge is 2.52. The number of nitrogens with zero attached hydrogens (tertiary/aromatic N) is 2. The number of oxime groups is 1. The summed E-state index contributed by atoms with van der Waals surface area (Å²) in [5.74, 6) is 1.74. The van der Waals surface area contributed by atoms with Crippen LogP contribution in [0.5, 0.6) is 0 Å². The van der Waals surface area contributed by atoms with Crippen molar-refractivity contribution in [1.82, 2.24) is 10.2 Å². The van der Waals surface area contributed by atoms with E-state index < -0.39 is 0 Å². The minimum Gasteiger partial charge on any atom is -0.386 e. The van der Waals surface area contributed by atoms with Gasteiger partial charge in [-0.15, -0.1) is 0 Å². The Morgan fingerprint density at radius 1 is 1.50 bits per heavy atom. The second-order valence-electron chi connectivity index (χ2n) is 4.67. The Morgan fingerprint density at radius 3 is 2.79 bits per heavy atom. The maximum absolute atomic E-state index is 5.70. The highest BCUT2D eigenvalue weighted by Crippen LogP contribution is 2.42. The third kappa shape index (κ3) is 1.06. The number of nitrogens with one attached hydrogen (secondary N) is 1. The minimum atomic E-state index is 0.0227. The fourth-order valence-corrected chi connectivity index (χ4v) is 3.06. The van der Waals surface area contributed by atoms with Gasteiger partial charge in [-0.25, -0.2) is 0 Å². The molecule has 4 aliphatic heterocycles. The van der Waals surface area contributed by atoms with Gasteiger partial charge in [-0.3, -0.25) is 4.90 Å². The molecule has 0 aliphatic carbocycles. The predicted molar refractivity (Wildman–Crippen MR) is 54.1 cm³/mol. The quantitative estimate of drug-likeness (QED) is 0.608. The van der Waals surface area contributed by atoms with Crippen molar-refractivity contribution in [3.05, 3.63) is 0 Å². The minimum absolute atomic E-state index is 0.0227. The van der Waals surface area contributed by atoms with Crippen molar-refractivity contribution in [3.63, 3.8) is 0 Å². The average Bonchev–Trinajstić information content (AvgIpc) is 2.63. The van der Waals surface area contributed by atoms with Crippen LogP contribution in [0, 0.1) is 5.92 Å². The van der Waals surface area contributed by atoms with Gasteiger partial charge >= 0.3 is 0 Å². The second kappa shape index (κ2) is 2.86. The zero-order valence-corrected chi connectivity index (χ0v) is 8.62. The Kier molecular flexibility index (Phi) is 1.74. The Labute approximate surface area is 84.3 Å². The first kappa shape index (κ1) is 8.53. The Bertz CT molecular complexity index is 271. The normalized spacial score (nSPS) is 45.1. The number of fused-ring (bicyclic) bond motifs is 2. The van der Waals surface area contributed by atoms with E-state index in [2.05, 4.69) is 15.4 Å². The molecule has 1 spiro atoms. The molecule has 4 rings (SSSR count). The van der Waals surface area contributed by atoms with Crippen molar-refractivity contribution < 1.29 is 4.84 Å². The second-order valence-corrected chi connectivity index (χ2v) is 4.67. The third-order valence-electron chi connectivity index (χ3n) is 3.92. The smallest absolute Gasteiger partial charge is 0.160 e. The molecule has 78 valence electrons. The summed E-state index contributed by atoms with van der Waals surface area (Å²) < 4.78 is 0. The van der Waals surface area contributed by atoms with E-state index in [0.29, 0.717) is 0 Å². The van der Waals surface area contributed by atoms with Crippen LogP contribution < -0.4 is 5.32 Å². The van der Waals surface area contributed by atoms with E-state index in [1.165, 1.54) is 25.9 Å². The molecule has 1 atom stereocenters. The lowest BCUT2D eigenvalue weighted by Gasteiger charge is -2.49. The lowest BCUT2D eigenvalue weighted by atomic mass is 9.73. The lowest BCUT2D eigenvalue weighted by molar-refractivity contribution is -0.136. The first-order valence-electron chi connectivity index (χ1n) is 5.47. The highest BCUT2D eigenvalue weighted by molar-refractivity contribution is 5.83. The first-order chi connectivity index (χ1) is 6.82. The molecule has 0 aromatic heterocycles. The molecule has 4 heterocycles. The van der Waals surface area contributed by atoms with Crippen LogP contribution in [0.1, 0.15) is 19.3 Å². The molecule has 3 fully saturated rings. The summed E-state index contributed by atoms with van der Waals surface area (Å²) in [4.78, 5) is 8.21. The first-order valence-corrected chi connectivity index (χ1v) is 5.47. The summed E-state index contributed by atoms with van der Waals surface area (Å²) in [7, 11) is 1.92. The zero-order valence-electron chi connectivity index (χ0n) is 8.62. The summed E-state index contributed by atoms with van der Waals surface area (Å²) in [6.45, 7) is 3.58. The average molecular weight is 195 g/mol. The summed E-state index contributed by atoms with van der Waals surface area (Å²) in [6.07, 6.45) is 3.55. The van der Waals surface area contributed by atoms with Crippen molar-refractivity contribution in [2.45, 2.75) is 24.9 Å². The van der Waals surface area contributed by atoms with Gasteiger partial charge in [0.1, 0.15) is 5.84 Å². The van der Waals surface area contributed by atoms with Gasteiger partial charge in [-0.1, -0.05) is 5.16 Å². The van der Waals surface area contributed by atoms with Crippen molar-refractivity contribution >= 4 is 5.84 Å². The van der Waals surface area contributed by atoms with Crippen LogP contribution in [-0.2, 0) is 4.84 Å². The third-order valence-corrected chi connectivity index (χ3v) is 3.92. The van der Waals surface area contributed by atoms with Gasteiger partial charge in [-0.2, -0.15) is 0 Å². The molecule has 4 aliphatic rings. The molecule has 0 amide bonds. The summed E-state index contributed by atoms with van der Waals surface area (Å²) >= 11 is 0. The van der Waals surface area contributed by atoms with Gasteiger partial charge in [0.2, 0.25) is 0 Å². The van der Waals surface area contributed by atoms with Crippen molar-refractivity contribution in [2.24, 2.45) is 11.1 Å². The SMILES string of the molecule is CNC1=NOC2(C1)CN1CCC2CC1. The van der Waals surface area contributed by atoms with Gasteiger partial charge in [0.05, 0.1) is 6.42 Å². The molecule has 4 heteroatoms. The fraction of sp³-hybridized carbons (Fsp3) is 0.900. The molecule has 1 N–H and O–H groups in total. The van der Waals surface area contributed by atoms with Crippen molar-refractivity contribution in [3.8, 4) is 0 Å². The molecule has 0 aromatic rings. The monoisotopic (exact) mass is 195 g/mol. The highest BCUT2D eigenvalue weighted by atomic mass is 16.7. The van der Waals surface area contributed by atoms with E-state index in [9.17, 15) is 0 Å². The van der Waals surface area contributed by atoms with Crippen molar-refractivity contribution in [1.29, 1.82) is 0 Å². The molecule has 0 radical (unpaired) electrons. The number of hydrogen-bond donors (Lipinski definition) is 1. The molecule has 0 saturated carbocycles. The van der Waals surface area contributed by atoms with E-state index in [-0.39, 0.29) is 5.60 Å². The van der Waals surface area contributed by atoms with Crippen LogP contribution in [-0.4, -0.2) is 43.0 Å². The standard InChI is InChI=1S/C10H17N3O/c1-11-9-6-10(14-12-9)7-13-4-2-8(10)3-5-13/h8H,2-7H2,1H3,(H,11,12). The van der Waals surface area contributed by atoms with E-state index >= 15 is 0 Å². The van der Waals surface area contributed by atoms with Crippen LogP contribution in [0.2, 0.25) is 0 Å². The van der Waals surface area contributed by atoms with E-state index in [4.69, 9.17) is 4.84 Å². The summed E-state index contributed by atoms with van der Waals surface area (Å²) in [5, 5.41) is 7.23. The van der Waals surface area contributed by atoms with Gasteiger partial charge < -0.3 is 10.2 Å². The van der Waals surface area contributed by atoms with Gasteiger partial charge in [0, 0.05) is 19.5 Å². The van der Waals surface area contributed by atoms with E-state index in [0.717, 1.165) is 24.7 Å². The maximum atomic E-state index is 5.70. The maximum Gasteiger partial charge on any atom is 0.160 e. The topological polar surface area (TPSA) is 36.9 Å². The van der Waals surface area contributed by atoms with Crippen LogP contribution >= 0.6 is 0 Å². The molecule has 4 nitrogen and oxygen atoms in total. The summed E-state index contributed by atoms with van der Waals surface area (Å²) in [5.41, 5.74) is 0.0227. The molecular weight excluding hydrogens is 178 g/mol. The molecule has 2 bridgehead atoms. The molecule has 1 unspecified atom stereocenters. The number of amidine groups is 1. The molecular formula is C10H17N3O. The Hall–Kier alpha value is -0.770. The van der Waals surface area contributed by atoms with Crippen LogP contribution in [0.15, 0.2) is 5.16 Å². The van der Waals surface area contributed by atoms with Crippen molar-refractivity contribution in [2.75, 3.05) is 26.7 Å². The number of hydrogen-bond acceptors (Lipinski definition) is 4. The van der Waals surface area contributed by atoms with Crippen LogP contribution in [0.25, 0.3) is 0 Å². The predicted octanol–water partition coefficient (Wildman–Crippen LogP) is 0.404. The Balaban J connectivity index is 1.80. The van der Waals surface area contributed by atoms with Crippen LogP contribution in [0.4, 0.5) is 0 Å². The largest absolute Gasteiger partial charge is 0.386 e. The number of piperidine rings is 3. The van der Waals surface area contributed by atoms with Gasteiger partial charge in [0.25, 0.3) is 0 Å². The summed E-state index contributed by atoms with van der Waals surface area (Å²) in [6, 6.07) is 0. The van der Waals surface area contributed by atoms with Gasteiger partial charge in [-0.05, 0) is 25.9 Å². The fourth-order valence-electron chi connectivity index (χ4n) is 3.06. The zero-order chi connectivity index (χ0) is 9.60. The van der Waals surface area contributed by atoms with E-state index in [1.54, 1.807) is 0 Å². The van der Waals surface area contributed by atoms with E-state index in [1.807, 2.05) is 7.05 Å². The van der Waals surface area contributed by atoms with Crippen LogP contribution in [0.3, 0.4) is 0 Å². The Morgan fingerprint density at radius 2 is 2.29 bits per heavy atom. The molecule has 0 aromatic carbocycles. The number of rotatable bonds is 0. The molecule has 3 saturated heterocycles. The van der Waals surface area contributed by atoms with Gasteiger partial charge in [0.15, 0.2) is 5.60 Å².